The van der Waals surface area contributed by atoms with Crippen molar-refractivity contribution in [2.45, 2.75) is 32.7 Å². The highest BCUT2D eigenvalue weighted by Crippen LogP contribution is 2.20. The first-order chi connectivity index (χ1) is 8.65. The number of unbranched alkanes of at least 4 members (excludes halogenated alkanes) is 1. The molecular formula is C14H21ClFNO. The van der Waals surface area contributed by atoms with Crippen molar-refractivity contribution in [1.29, 1.82) is 0 Å². The second kappa shape index (κ2) is 8.46. The lowest BCUT2D eigenvalue weighted by Crippen LogP contribution is -2.23. The van der Waals surface area contributed by atoms with Crippen LogP contribution in [0.1, 0.15) is 38.3 Å². The van der Waals surface area contributed by atoms with Crippen molar-refractivity contribution in [1.82, 2.24) is 5.32 Å². The van der Waals surface area contributed by atoms with Gasteiger partial charge in [0.15, 0.2) is 0 Å². The molecule has 0 amide bonds. The summed E-state index contributed by atoms with van der Waals surface area (Å²) < 4.78 is 18.5. The molecule has 102 valence electrons. The highest BCUT2D eigenvalue weighted by molar-refractivity contribution is 6.30. The van der Waals surface area contributed by atoms with Gasteiger partial charge < -0.3 is 10.1 Å². The van der Waals surface area contributed by atoms with Crippen LogP contribution >= 0.6 is 11.6 Å². The molecule has 1 atom stereocenters. The molecular weight excluding hydrogens is 253 g/mol. The van der Waals surface area contributed by atoms with Gasteiger partial charge in [0, 0.05) is 19.2 Å². The van der Waals surface area contributed by atoms with Gasteiger partial charge >= 0.3 is 0 Å². The van der Waals surface area contributed by atoms with Gasteiger partial charge in [-0.25, -0.2) is 4.39 Å². The summed E-state index contributed by atoms with van der Waals surface area (Å²) in [4.78, 5) is 0. The summed E-state index contributed by atoms with van der Waals surface area (Å²) in [5.41, 5.74) is 0.981. The molecule has 4 heteroatoms. The van der Waals surface area contributed by atoms with Gasteiger partial charge in [-0.2, -0.15) is 0 Å². The van der Waals surface area contributed by atoms with E-state index in [0.717, 1.165) is 31.6 Å². The molecule has 18 heavy (non-hydrogen) atoms. The lowest BCUT2D eigenvalue weighted by molar-refractivity contribution is 0.131. The number of rotatable bonds is 8. The topological polar surface area (TPSA) is 21.3 Å². The van der Waals surface area contributed by atoms with E-state index in [4.69, 9.17) is 16.3 Å². The second-order valence-corrected chi connectivity index (χ2v) is 4.72. The van der Waals surface area contributed by atoms with Crippen LogP contribution in [-0.2, 0) is 4.74 Å². The number of ether oxygens (including phenoxy) is 1. The van der Waals surface area contributed by atoms with Crippen LogP contribution in [-0.4, -0.2) is 19.8 Å². The van der Waals surface area contributed by atoms with Crippen LogP contribution in [0.3, 0.4) is 0 Å². The molecule has 0 aliphatic rings. The first-order valence-electron chi connectivity index (χ1n) is 6.41. The van der Waals surface area contributed by atoms with Gasteiger partial charge in [0.2, 0.25) is 0 Å². The van der Waals surface area contributed by atoms with E-state index >= 15 is 0 Å². The molecule has 0 bridgehead atoms. The van der Waals surface area contributed by atoms with Crippen molar-refractivity contribution in [3.8, 4) is 0 Å². The predicted molar refractivity (Wildman–Crippen MR) is 73.6 cm³/mol. The smallest absolute Gasteiger partial charge is 0.141 e. The van der Waals surface area contributed by atoms with Crippen LogP contribution in [0.2, 0.25) is 5.02 Å². The molecule has 1 rings (SSSR count). The fraction of sp³-hybridized carbons (Fsp3) is 0.571. The first-order valence-corrected chi connectivity index (χ1v) is 6.79. The maximum absolute atomic E-state index is 13.0. The van der Waals surface area contributed by atoms with E-state index in [9.17, 15) is 4.39 Å². The van der Waals surface area contributed by atoms with E-state index in [-0.39, 0.29) is 16.9 Å². The molecule has 0 aliphatic heterocycles. The molecule has 0 saturated heterocycles. The summed E-state index contributed by atoms with van der Waals surface area (Å²) in [6.45, 7) is 6.45. The Balaban J connectivity index is 2.27. The monoisotopic (exact) mass is 273 g/mol. The standard InChI is InChI=1S/C14H21ClFNO/c1-3-4-8-18-9-7-17-11(2)12-5-6-14(16)13(15)10-12/h5-6,10-11,17H,3-4,7-9H2,1-2H3. The third-order valence-corrected chi connectivity index (χ3v) is 3.07. The molecule has 0 spiro atoms. The van der Waals surface area contributed by atoms with Crippen LogP contribution in [0.15, 0.2) is 18.2 Å². The predicted octanol–water partition coefficient (Wildman–Crippen LogP) is 3.95. The maximum atomic E-state index is 13.0. The molecule has 0 heterocycles. The maximum Gasteiger partial charge on any atom is 0.141 e. The Hall–Kier alpha value is -0.640. The molecule has 0 fully saturated rings. The molecule has 0 radical (unpaired) electrons. The third kappa shape index (κ3) is 5.34. The van der Waals surface area contributed by atoms with E-state index in [0.29, 0.717) is 6.61 Å². The Morgan fingerprint density at radius 3 is 2.83 bits per heavy atom. The number of hydrogen-bond donors (Lipinski definition) is 1. The van der Waals surface area contributed by atoms with Crippen molar-refractivity contribution in [2.75, 3.05) is 19.8 Å². The Labute approximate surface area is 113 Å². The largest absolute Gasteiger partial charge is 0.380 e. The van der Waals surface area contributed by atoms with Gasteiger partial charge in [0.05, 0.1) is 11.6 Å². The minimum Gasteiger partial charge on any atom is -0.380 e. The second-order valence-electron chi connectivity index (χ2n) is 4.32. The summed E-state index contributed by atoms with van der Waals surface area (Å²) in [7, 11) is 0. The minimum absolute atomic E-state index is 0.137. The van der Waals surface area contributed by atoms with E-state index in [2.05, 4.69) is 12.2 Å². The van der Waals surface area contributed by atoms with Gasteiger partial charge in [0.1, 0.15) is 5.82 Å². The zero-order valence-corrected chi connectivity index (χ0v) is 11.8. The van der Waals surface area contributed by atoms with Crippen LogP contribution in [0, 0.1) is 5.82 Å². The van der Waals surface area contributed by atoms with Gasteiger partial charge in [-0.05, 0) is 31.0 Å². The quantitative estimate of drug-likeness (QED) is 0.724. The third-order valence-electron chi connectivity index (χ3n) is 2.78. The van der Waals surface area contributed by atoms with Gasteiger partial charge in [-0.1, -0.05) is 31.0 Å². The SMILES string of the molecule is CCCCOCCNC(C)c1ccc(F)c(Cl)c1. The normalized spacial score (nSPS) is 12.7. The van der Waals surface area contributed by atoms with Crippen molar-refractivity contribution in [3.63, 3.8) is 0 Å². The Morgan fingerprint density at radius 1 is 1.39 bits per heavy atom. The summed E-state index contributed by atoms with van der Waals surface area (Å²) in [6, 6.07) is 4.94. The average Bonchev–Trinajstić information content (AvgIpc) is 2.36. The number of halogens is 2. The highest BCUT2D eigenvalue weighted by Gasteiger charge is 2.07. The Bertz CT molecular complexity index is 360. The fourth-order valence-corrected chi connectivity index (χ4v) is 1.78. The molecule has 2 nitrogen and oxygen atoms in total. The van der Waals surface area contributed by atoms with Gasteiger partial charge in [-0.3, -0.25) is 0 Å². The Morgan fingerprint density at radius 2 is 2.17 bits per heavy atom. The number of nitrogens with one attached hydrogen (secondary N) is 1. The molecule has 1 unspecified atom stereocenters. The molecule has 0 aliphatic carbocycles. The van der Waals surface area contributed by atoms with Crippen molar-refractivity contribution in [2.24, 2.45) is 0 Å². The fourth-order valence-electron chi connectivity index (χ4n) is 1.60. The summed E-state index contributed by atoms with van der Waals surface area (Å²) in [6.07, 6.45) is 2.25. The minimum atomic E-state index is -0.379. The first kappa shape index (κ1) is 15.4. The van der Waals surface area contributed by atoms with Crippen molar-refractivity contribution >= 4 is 11.6 Å². The van der Waals surface area contributed by atoms with Gasteiger partial charge in [0.25, 0.3) is 0 Å². The zero-order valence-electron chi connectivity index (χ0n) is 11.0. The average molecular weight is 274 g/mol. The number of benzene rings is 1. The lowest BCUT2D eigenvalue weighted by Gasteiger charge is -2.14. The molecule has 1 aromatic rings. The van der Waals surface area contributed by atoms with Crippen LogP contribution < -0.4 is 5.32 Å². The highest BCUT2D eigenvalue weighted by atomic mass is 35.5. The van der Waals surface area contributed by atoms with E-state index in [1.165, 1.54) is 6.07 Å². The molecule has 0 saturated carbocycles. The van der Waals surface area contributed by atoms with Crippen LogP contribution in [0.25, 0.3) is 0 Å². The van der Waals surface area contributed by atoms with Crippen LogP contribution in [0.4, 0.5) is 4.39 Å². The van der Waals surface area contributed by atoms with E-state index < -0.39 is 0 Å². The summed E-state index contributed by atoms with van der Waals surface area (Å²) >= 11 is 5.75. The summed E-state index contributed by atoms with van der Waals surface area (Å²) in [5, 5.41) is 3.48. The molecule has 1 N–H and O–H groups in total. The van der Waals surface area contributed by atoms with E-state index in [1.807, 2.05) is 6.92 Å². The number of hydrogen-bond acceptors (Lipinski definition) is 2. The van der Waals surface area contributed by atoms with Crippen molar-refractivity contribution in [3.05, 3.63) is 34.6 Å². The lowest BCUT2D eigenvalue weighted by atomic mass is 10.1. The van der Waals surface area contributed by atoms with Crippen LogP contribution in [0.5, 0.6) is 0 Å². The van der Waals surface area contributed by atoms with E-state index in [1.54, 1.807) is 12.1 Å². The molecule has 1 aromatic carbocycles. The molecule has 0 aromatic heterocycles. The Kier molecular flexibility index (Phi) is 7.25. The summed E-state index contributed by atoms with van der Waals surface area (Å²) in [5.74, 6) is -0.379. The zero-order chi connectivity index (χ0) is 13.4. The van der Waals surface area contributed by atoms with Gasteiger partial charge in [-0.15, -0.1) is 0 Å². The van der Waals surface area contributed by atoms with Crippen molar-refractivity contribution < 1.29 is 9.13 Å².